The zero-order chi connectivity index (χ0) is 36.0. The lowest BCUT2D eigenvalue weighted by Gasteiger charge is -2.22. The predicted molar refractivity (Wildman–Crippen MR) is 232 cm³/mol. The molecule has 55 heavy (non-hydrogen) atoms. The molecule has 1 unspecified atom stereocenters. The maximum Gasteiger partial charge on any atom is 0.0553 e. The predicted octanol–water partition coefficient (Wildman–Crippen LogP) is 13.9. The van der Waals surface area contributed by atoms with Gasteiger partial charge in [0.1, 0.15) is 0 Å². The number of benzene rings is 8. The van der Waals surface area contributed by atoms with E-state index in [1.54, 1.807) is 0 Å². The normalized spacial score (nSPS) is 14.8. The Morgan fingerprint density at radius 2 is 1.13 bits per heavy atom. The third-order valence-electron chi connectivity index (χ3n) is 12.2. The summed E-state index contributed by atoms with van der Waals surface area (Å²) in [4.78, 5) is 0. The van der Waals surface area contributed by atoms with Gasteiger partial charge in [0, 0.05) is 38.8 Å². The van der Waals surface area contributed by atoms with E-state index in [0.29, 0.717) is 5.92 Å². The van der Waals surface area contributed by atoms with Crippen molar-refractivity contribution in [3.8, 4) is 33.6 Å². The summed E-state index contributed by atoms with van der Waals surface area (Å²) in [6, 6.07) is 61.3. The SMILES string of the molecule is C1=CCC(c2ccc3c4ccc(-c5ccccc5)cc4n(-c4ccc(-n5c6ccccc6c6c7cccc8c7c(cc65)-c5ccccc5C8)cc4)c3c2)C=C1. The molecule has 2 aliphatic carbocycles. The van der Waals surface area contributed by atoms with E-state index in [2.05, 4.69) is 197 Å². The van der Waals surface area contributed by atoms with E-state index in [-0.39, 0.29) is 0 Å². The largest absolute Gasteiger partial charge is 0.309 e. The number of fused-ring (bicyclic) bond motifs is 9. The Hall–Kier alpha value is -6.90. The van der Waals surface area contributed by atoms with Gasteiger partial charge in [0.05, 0.1) is 22.1 Å². The van der Waals surface area contributed by atoms with Crippen molar-refractivity contribution >= 4 is 54.4 Å². The van der Waals surface area contributed by atoms with Gasteiger partial charge < -0.3 is 9.13 Å². The number of allylic oxidation sites excluding steroid dienone is 4. The van der Waals surface area contributed by atoms with Crippen molar-refractivity contribution in [2.24, 2.45) is 0 Å². The smallest absolute Gasteiger partial charge is 0.0553 e. The minimum Gasteiger partial charge on any atom is -0.309 e. The molecule has 0 aliphatic heterocycles. The van der Waals surface area contributed by atoms with Crippen LogP contribution in [0.15, 0.2) is 188 Å². The van der Waals surface area contributed by atoms with E-state index in [9.17, 15) is 0 Å². The lowest BCUT2D eigenvalue weighted by Crippen LogP contribution is -2.02. The second-order valence-electron chi connectivity index (χ2n) is 15.2. The van der Waals surface area contributed by atoms with E-state index in [4.69, 9.17) is 0 Å². The molecule has 2 aliphatic rings. The number of aromatic nitrogens is 2. The summed E-state index contributed by atoms with van der Waals surface area (Å²) in [6.07, 6.45) is 10.9. The van der Waals surface area contributed by atoms with Crippen LogP contribution in [0.25, 0.3) is 88.0 Å². The highest BCUT2D eigenvalue weighted by Crippen LogP contribution is 2.46. The molecule has 0 fully saturated rings. The van der Waals surface area contributed by atoms with E-state index in [1.165, 1.54) is 93.3 Å². The van der Waals surface area contributed by atoms with Crippen LogP contribution in [-0.4, -0.2) is 9.13 Å². The molecule has 12 rings (SSSR count). The first-order valence-electron chi connectivity index (χ1n) is 19.4. The van der Waals surface area contributed by atoms with Crippen molar-refractivity contribution in [3.63, 3.8) is 0 Å². The average Bonchev–Trinajstić information content (AvgIpc) is 3.76. The molecule has 10 aromatic rings. The summed E-state index contributed by atoms with van der Waals surface area (Å²) < 4.78 is 4.96. The van der Waals surface area contributed by atoms with Crippen LogP contribution in [0.3, 0.4) is 0 Å². The van der Waals surface area contributed by atoms with Crippen LogP contribution in [0.2, 0.25) is 0 Å². The van der Waals surface area contributed by atoms with Crippen LogP contribution in [0.1, 0.15) is 29.0 Å². The highest BCUT2D eigenvalue weighted by Gasteiger charge is 2.24. The van der Waals surface area contributed by atoms with Gasteiger partial charge in [0.25, 0.3) is 0 Å². The molecule has 0 saturated heterocycles. The summed E-state index contributed by atoms with van der Waals surface area (Å²) in [6.45, 7) is 0. The van der Waals surface area contributed by atoms with Crippen LogP contribution in [-0.2, 0) is 6.42 Å². The van der Waals surface area contributed by atoms with E-state index in [0.717, 1.165) is 24.2 Å². The van der Waals surface area contributed by atoms with Gasteiger partial charge in [0.2, 0.25) is 0 Å². The van der Waals surface area contributed by atoms with E-state index in [1.807, 2.05) is 0 Å². The average molecular weight is 701 g/mol. The van der Waals surface area contributed by atoms with E-state index < -0.39 is 0 Å². The first-order chi connectivity index (χ1) is 27.3. The molecule has 2 heteroatoms. The Bertz CT molecular complexity index is 3240. The van der Waals surface area contributed by atoms with Crippen molar-refractivity contribution < 1.29 is 0 Å². The molecule has 0 N–H and O–H groups in total. The summed E-state index contributed by atoms with van der Waals surface area (Å²) in [5.41, 5.74) is 16.5. The maximum absolute atomic E-state index is 2.48. The third-order valence-corrected chi connectivity index (χ3v) is 12.2. The Morgan fingerprint density at radius 1 is 0.418 bits per heavy atom. The van der Waals surface area contributed by atoms with Gasteiger partial charge in [-0.05, 0) is 111 Å². The topological polar surface area (TPSA) is 9.86 Å². The van der Waals surface area contributed by atoms with Crippen molar-refractivity contribution in [1.29, 1.82) is 0 Å². The second kappa shape index (κ2) is 11.8. The molecular weight excluding hydrogens is 665 g/mol. The fourth-order valence-corrected chi connectivity index (χ4v) is 9.73. The van der Waals surface area contributed by atoms with Crippen LogP contribution in [0.5, 0.6) is 0 Å². The molecule has 2 heterocycles. The molecule has 0 amide bonds. The van der Waals surface area contributed by atoms with Crippen molar-refractivity contribution in [3.05, 3.63) is 205 Å². The molecule has 0 spiro atoms. The number of para-hydroxylation sites is 1. The molecule has 1 atom stereocenters. The zero-order valence-electron chi connectivity index (χ0n) is 30.3. The quantitative estimate of drug-likeness (QED) is 0.173. The van der Waals surface area contributed by atoms with Crippen LogP contribution in [0, 0.1) is 0 Å². The highest BCUT2D eigenvalue weighted by molar-refractivity contribution is 6.25. The third kappa shape index (κ3) is 4.55. The second-order valence-corrected chi connectivity index (χ2v) is 15.2. The van der Waals surface area contributed by atoms with Gasteiger partial charge in [0.15, 0.2) is 0 Å². The van der Waals surface area contributed by atoms with Crippen LogP contribution in [0.4, 0.5) is 0 Å². The first-order valence-corrected chi connectivity index (χ1v) is 19.4. The van der Waals surface area contributed by atoms with Crippen molar-refractivity contribution in [1.82, 2.24) is 9.13 Å². The van der Waals surface area contributed by atoms with Gasteiger partial charge in [-0.25, -0.2) is 0 Å². The minimum atomic E-state index is 0.378. The Morgan fingerprint density at radius 3 is 1.96 bits per heavy atom. The summed E-state index contributed by atoms with van der Waals surface area (Å²) in [7, 11) is 0. The summed E-state index contributed by atoms with van der Waals surface area (Å²) >= 11 is 0. The molecule has 2 aromatic heterocycles. The lowest BCUT2D eigenvalue weighted by atomic mass is 9.82. The Kier molecular flexibility index (Phi) is 6.55. The summed E-state index contributed by atoms with van der Waals surface area (Å²) in [5, 5.41) is 7.90. The van der Waals surface area contributed by atoms with Crippen molar-refractivity contribution in [2.75, 3.05) is 0 Å². The number of nitrogens with zero attached hydrogens (tertiary/aromatic N) is 2. The fraction of sp³-hybridized carbons (Fsp3) is 0.0566. The monoisotopic (exact) mass is 700 g/mol. The molecule has 0 bridgehead atoms. The number of rotatable bonds is 4. The zero-order valence-corrected chi connectivity index (χ0v) is 30.3. The van der Waals surface area contributed by atoms with Gasteiger partial charge in [-0.2, -0.15) is 0 Å². The number of hydrogen-bond donors (Lipinski definition) is 0. The fourth-order valence-electron chi connectivity index (χ4n) is 9.73. The molecular formula is C53H36N2. The van der Waals surface area contributed by atoms with E-state index >= 15 is 0 Å². The van der Waals surface area contributed by atoms with Gasteiger partial charge >= 0.3 is 0 Å². The molecule has 8 aromatic carbocycles. The van der Waals surface area contributed by atoms with Crippen LogP contribution >= 0.6 is 0 Å². The van der Waals surface area contributed by atoms with Crippen molar-refractivity contribution in [2.45, 2.75) is 18.8 Å². The van der Waals surface area contributed by atoms with Gasteiger partial charge in [-0.15, -0.1) is 0 Å². The maximum atomic E-state index is 2.48. The Labute approximate surface area is 319 Å². The molecule has 258 valence electrons. The highest BCUT2D eigenvalue weighted by atomic mass is 15.0. The first kappa shape index (κ1) is 30.6. The van der Waals surface area contributed by atoms with Gasteiger partial charge in [-0.1, -0.05) is 140 Å². The standard InChI is InChI=1S/C53H36N2/c1-3-12-34(13-4-1)36-22-28-43-44-29-23-37(35-14-5-2-6-15-35)32-50(44)55(49(43)31-36)41-26-24-40(25-27-41)54-48-21-10-9-19-45(48)53-46-20-11-17-39-30-38-16-7-8-18-42(38)47(52(39)46)33-51(53)54/h1-14,16-29,31-33,35H,15,30H2. The van der Waals surface area contributed by atoms with Crippen LogP contribution < -0.4 is 0 Å². The Balaban J connectivity index is 1.08. The lowest BCUT2D eigenvalue weighted by molar-refractivity contribution is 0.855. The molecule has 2 nitrogen and oxygen atoms in total. The molecule has 0 radical (unpaired) electrons. The molecule has 0 saturated carbocycles. The number of hydrogen-bond acceptors (Lipinski definition) is 0. The van der Waals surface area contributed by atoms with Gasteiger partial charge in [-0.3, -0.25) is 0 Å². The minimum absolute atomic E-state index is 0.378. The summed E-state index contributed by atoms with van der Waals surface area (Å²) in [5.74, 6) is 0.378.